The van der Waals surface area contributed by atoms with Gasteiger partial charge in [-0.05, 0) is 49.2 Å². The molecule has 0 aliphatic rings. The maximum Gasteiger partial charge on any atom is 0.177 e. The lowest BCUT2D eigenvalue weighted by Crippen LogP contribution is -2.26. The number of hydrogen-bond acceptors (Lipinski definition) is 2. The molecule has 0 heterocycles. The molecule has 0 saturated carbocycles. The van der Waals surface area contributed by atoms with E-state index >= 15 is 0 Å². The SMILES string of the molecule is Cc1ccccc1C(O)(C#Cc1ccc(C#CC(O)(c2ccccc2)c2ccccc2C)cc1)c1ccccc1. The van der Waals surface area contributed by atoms with Crippen LogP contribution >= 0.6 is 0 Å². The van der Waals surface area contributed by atoms with E-state index in [4.69, 9.17) is 0 Å². The molecule has 0 saturated heterocycles. The summed E-state index contributed by atoms with van der Waals surface area (Å²) in [7, 11) is 0. The number of hydrogen-bond donors (Lipinski definition) is 2. The van der Waals surface area contributed by atoms with Crippen molar-refractivity contribution in [2.24, 2.45) is 0 Å². The minimum absolute atomic E-state index is 0.718. The van der Waals surface area contributed by atoms with Gasteiger partial charge in [-0.3, -0.25) is 0 Å². The predicted octanol–water partition coefficient (Wildman–Crippen LogP) is 6.88. The molecule has 40 heavy (non-hydrogen) atoms. The maximum absolute atomic E-state index is 11.8. The molecule has 2 heteroatoms. The summed E-state index contributed by atoms with van der Waals surface area (Å²) in [6.07, 6.45) is 0. The monoisotopic (exact) mass is 518 g/mol. The first-order chi connectivity index (χ1) is 19.4. The van der Waals surface area contributed by atoms with Crippen LogP contribution < -0.4 is 0 Å². The van der Waals surface area contributed by atoms with Crippen molar-refractivity contribution < 1.29 is 10.2 Å². The molecule has 0 spiro atoms. The molecule has 5 rings (SSSR count). The van der Waals surface area contributed by atoms with Gasteiger partial charge in [0.15, 0.2) is 11.2 Å². The summed E-state index contributed by atoms with van der Waals surface area (Å²) in [5.74, 6) is 12.6. The third-order valence-electron chi connectivity index (χ3n) is 7.11. The van der Waals surface area contributed by atoms with Gasteiger partial charge in [-0.2, -0.15) is 0 Å². The Balaban J connectivity index is 1.49. The molecule has 2 N–H and O–H groups in total. The van der Waals surface area contributed by atoms with Gasteiger partial charge in [-0.15, -0.1) is 0 Å². The van der Waals surface area contributed by atoms with Crippen LogP contribution in [0.4, 0.5) is 0 Å². The van der Waals surface area contributed by atoms with Crippen molar-refractivity contribution in [2.45, 2.75) is 25.0 Å². The average Bonchev–Trinajstić information content (AvgIpc) is 3.00. The Morgan fingerprint density at radius 2 is 0.750 bits per heavy atom. The largest absolute Gasteiger partial charge is 0.369 e. The van der Waals surface area contributed by atoms with Gasteiger partial charge in [0, 0.05) is 33.4 Å². The third-order valence-corrected chi connectivity index (χ3v) is 7.11. The molecular formula is C38H30O2. The number of aliphatic hydroxyl groups is 2. The number of rotatable bonds is 4. The molecule has 0 bridgehead atoms. The summed E-state index contributed by atoms with van der Waals surface area (Å²) >= 11 is 0. The Morgan fingerprint density at radius 3 is 1.10 bits per heavy atom. The molecule has 0 aromatic heterocycles. The topological polar surface area (TPSA) is 40.5 Å². The highest BCUT2D eigenvalue weighted by Crippen LogP contribution is 2.32. The Hall–Kier alpha value is -4.86. The molecule has 0 fully saturated rings. The smallest absolute Gasteiger partial charge is 0.177 e. The second-order valence-electron chi connectivity index (χ2n) is 9.86. The molecule has 0 aliphatic carbocycles. The van der Waals surface area contributed by atoms with Crippen LogP contribution in [0, 0.1) is 37.5 Å². The van der Waals surface area contributed by atoms with Crippen molar-refractivity contribution in [3.8, 4) is 23.7 Å². The van der Waals surface area contributed by atoms with Gasteiger partial charge >= 0.3 is 0 Å². The maximum atomic E-state index is 11.8. The van der Waals surface area contributed by atoms with Crippen molar-refractivity contribution in [3.63, 3.8) is 0 Å². The van der Waals surface area contributed by atoms with Crippen molar-refractivity contribution in [1.82, 2.24) is 0 Å². The molecule has 0 radical (unpaired) electrons. The second-order valence-corrected chi connectivity index (χ2v) is 9.86. The van der Waals surface area contributed by atoms with E-state index in [1.165, 1.54) is 0 Å². The van der Waals surface area contributed by atoms with Gasteiger partial charge in [-0.25, -0.2) is 0 Å². The van der Waals surface area contributed by atoms with E-state index in [-0.39, 0.29) is 0 Å². The van der Waals surface area contributed by atoms with Crippen LogP contribution in [0.5, 0.6) is 0 Å². The second kappa shape index (κ2) is 11.5. The Labute approximate surface area is 236 Å². The Morgan fingerprint density at radius 1 is 0.425 bits per heavy atom. The molecule has 0 amide bonds. The minimum Gasteiger partial charge on any atom is -0.369 e. The van der Waals surface area contributed by atoms with Gasteiger partial charge in [0.05, 0.1) is 0 Å². The number of aryl methyl sites for hydroxylation is 2. The zero-order chi connectivity index (χ0) is 28.0. The van der Waals surface area contributed by atoms with Crippen LogP contribution in [0.25, 0.3) is 0 Å². The predicted molar refractivity (Wildman–Crippen MR) is 161 cm³/mol. The summed E-state index contributed by atoms with van der Waals surface area (Å²) in [4.78, 5) is 0. The average molecular weight is 519 g/mol. The van der Waals surface area contributed by atoms with E-state index in [1.807, 2.05) is 147 Å². The number of benzene rings is 5. The first-order valence-corrected chi connectivity index (χ1v) is 13.2. The van der Waals surface area contributed by atoms with Crippen LogP contribution in [-0.4, -0.2) is 10.2 Å². The minimum atomic E-state index is -1.45. The Kier molecular flexibility index (Phi) is 7.68. The molecule has 5 aromatic carbocycles. The summed E-state index contributed by atoms with van der Waals surface area (Å²) in [5, 5.41) is 23.7. The van der Waals surface area contributed by atoms with E-state index in [0.29, 0.717) is 0 Å². The zero-order valence-electron chi connectivity index (χ0n) is 22.6. The molecular weight excluding hydrogens is 488 g/mol. The standard InChI is InChI=1S/C38H30O2/c1-29-13-9-11-19-35(29)37(39,33-15-5-3-6-16-33)27-25-31-21-23-32(24-22-31)26-28-38(40,34-17-7-4-8-18-34)36-20-12-10-14-30(36)2/h3-24,39-40H,1-2H3. The van der Waals surface area contributed by atoms with E-state index in [1.54, 1.807) is 0 Å². The summed E-state index contributed by atoms with van der Waals surface area (Å²) in [6, 6.07) is 42.1. The highest BCUT2D eigenvalue weighted by molar-refractivity contribution is 5.53. The van der Waals surface area contributed by atoms with Crippen molar-refractivity contribution >= 4 is 0 Å². The van der Waals surface area contributed by atoms with E-state index in [0.717, 1.165) is 44.5 Å². The lowest BCUT2D eigenvalue weighted by molar-refractivity contribution is 0.144. The normalized spacial score (nSPS) is 13.5. The van der Waals surface area contributed by atoms with Gasteiger partial charge in [0.1, 0.15) is 0 Å². The highest BCUT2D eigenvalue weighted by atomic mass is 16.3. The summed E-state index contributed by atoms with van der Waals surface area (Å²) < 4.78 is 0. The lowest BCUT2D eigenvalue weighted by atomic mass is 9.84. The zero-order valence-corrected chi connectivity index (χ0v) is 22.6. The van der Waals surface area contributed by atoms with Gasteiger partial charge < -0.3 is 10.2 Å². The quantitative estimate of drug-likeness (QED) is 0.255. The van der Waals surface area contributed by atoms with E-state index < -0.39 is 11.2 Å². The van der Waals surface area contributed by atoms with E-state index in [2.05, 4.69) is 23.7 Å². The fraction of sp³-hybridized carbons (Fsp3) is 0.105. The first-order valence-electron chi connectivity index (χ1n) is 13.2. The van der Waals surface area contributed by atoms with Crippen LogP contribution in [0.2, 0.25) is 0 Å². The molecule has 2 atom stereocenters. The Bertz CT molecular complexity index is 1600. The van der Waals surface area contributed by atoms with Crippen LogP contribution in [0.3, 0.4) is 0 Å². The van der Waals surface area contributed by atoms with Crippen molar-refractivity contribution in [3.05, 3.63) is 178 Å². The van der Waals surface area contributed by atoms with Crippen molar-refractivity contribution in [2.75, 3.05) is 0 Å². The molecule has 5 aromatic rings. The fourth-order valence-corrected chi connectivity index (χ4v) is 4.87. The lowest BCUT2D eigenvalue weighted by Gasteiger charge is -2.25. The summed E-state index contributed by atoms with van der Waals surface area (Å²) in [5.41, 5.74) is 3.49. The molecule has 2 nitrogen and oxygen atoms in total. The third kappa shape index (κ3) is 5.47. The van der Waals surface area contributed by atoms with E-state index in [9.17, 15) is 10.2 Å². The fourth-order valence-electron chi connectivity index (χ4n) is 4.87. The first kappa shape index (κ1) is 26.7. The van der Waals surface area contributed by atoms with Gasteiger partial charge in [-0.1, -0.05) is 133 Å². The van der Waals surface area contributed by atoms with Gasteiger partial charge in [0.25, 0.3) is 0 Å². The highest BCUT2D eigenvalue weighted by Gasteiger charge is 2.31. The molecule has 194 valence electrons. The van der Waals surface area contributed by atoms with Crippen LogP contribution in [-0.2, 0) is 11.2 Å². The summed E-state index contributed by atoms with van der Waals surface area (Å²) in [6.45, 7) is 3.96. The van der Waals surface area contributed by atoms with Crippen molar-refractivity contribution in [1.29, 1.82) is 0 Å². The molecule has 0 aliphatic heterocycles. The van der Waals surface area contributed by atoms with Gasteiger partial charge in [0.2, 0.25) is 0 Å². The van der Waals surface area contributed by atoms with Crippen LogP contribution in [0.1, 0.15) is 44.5 Å². The molecule has 2 unspecified atom stereocenters. The van der Waals surface area contributed by atoms with Crippen LogP contribution in [0.15, 0.2) is 133 Å².